The molecule has 0 atom stereocenters. The molecule has 0 bridgehead atoms. The largest absolute Gasteiger partial charge is 0.507 e. The minimum atomic E-state index is -0.0853. The molecule has 0 saturated carbocycles. The average molecular weight is 230 g/mol. The molecule has 2 rings (SSSR count). The Bertz CT molecular complexity index is 522. The standard InChI is InChI=1S/C14H18N2O/c1-10-8-11(16-7-5-6-15-16)9-12(13(10)17)14(2,3)4/h5-9,17H,1-4H3. The van der Waals surface area contributed by atoms with Gasteiger partial charge in [-0.3, -0.25) is 0 Å². The Morgan fingerprint density at radius 3 is 2.47 bits per heavy atom. The van der Waals surface area contributed by atoms with Crippen molar-refractivity contribution in [3.8, 4) is 11.4 Å². The summed E-state index contributed by atoms with van der Waals surface area (Å²) in [5.41, 5.74) is 2.72. The number of hydrogen-bond acceptors (Lipinski definition) is 2. The van der Waals surface area contributed by atoms with Gasteiger partial charge in [0.1, 0.15) is 5.75 Å². The molecular weight excluding hydrogens is 212 g/mol. The lowest BCUT2D eigenvalue weighted by Crippen LogP contribution is -2.13. The third-order valence-electron chi connectivity index (χ3n) is 2.86. The summed E-state index contributed by atoms with van der Waals surface area (Å²) in [4.78, 5) is 0. The number of aromatic nitrogens is 2. The summed E-state index contributed by atoms with van der Waals surface area (Å²) in [5, 5.41) is 14.3. The van der Waals surface area contributed by atoms with Crippen molar-refractivity contribution in [2.75, 3.05) is 0 Å². The molecule has 0 aliphatic heterocycles. The zero-order valence-electron chi connectivity index (χ0n) is 10.7. The molecule has 1 aromatic carbocycles. The quantitative estimate of drug-likeness (QED) is 0.817. The topological polar surface area (TPSA) is 38.0 Å². The second-order valence-electron chi connectivity index (χ2n) is 5.36. The first kappa shape index (κ1) is 11.7. The Labute approximate surface area is 102 Å². The Morgan fingerprint density at radius 2 is 1.94 bits per heavy atom. The molecule has 0 aliphatic carbocycles. The number of phenols is 1. The van der Waals surface area contributed by atoms with Gasteiger partial charge in [-0.25, -0.2) is 4.68 Å². The van der Waals surface area contributed by atoms with Crippen LogP contribution in [0.4, 0.5) is 0 Å². The van der Waals surface area contributed by atoms with E-state index in [1.54, 1.807) is 6.20 Å². The normalized spacial score (nSPS) is 11.8. The van der Waals surface area contributed by atoms with Crippen LogP contribution in [0.1, 0.15) is 31.9 Å². The van der Waals surface area contributed by atoms with Crippen LogP contribution >= 0.6 is 0 Å². The average Bonchev–Trinajstić information content (AvgIpc) is 2.73. The van der Waals surface area contributed by atoms with Gasteiger partial charge in [-0.05, 0) is 36.1 Å². The predicted molar refractivity (Wildman–Crippen MR) is 68.7 cm³/mol. The molecule has 0 unspecified atom stereocenters. The third kappa shape index (κ3) is 2.18. The highest BCUT2D eigenvalue weighted by atomic mass is 16.3. The molecule has 2 aromatic rings. The van der Waals surface area contributed by atoms with E-state index in [1.165, 1.54) is 0 Å². The molecule has 3 heteroatoms. The summed E-state index contributed by atoms with van der Waals surface area (Å²) in [6.07, 6.45) is 3.65. The van der Waals surface area contributed by atoms with Crippen molar-refractivity contribution in [3.05, 3.63) is 41.7 Å². The molecule has 0 radical (unpaired) electrons. The number of rotatable bonds is 1. The lowest BCUT2D eigenvalue weighted by molar-refractivity contribution is 0.442. The Hall–Kier alpha value is -1.77. The molecule has 0 amide bonds. The van der Waals surface area contributed by atoms with Crippen LogP contribution in [-0.4, -0.2) is 14.9 Å². The molecule has 3 nitrogen and oxygen atoms in total. The number of phenolic OH excluding ortho intramolecular Hbond substituents is 1. The van der Waals surface area contributed by atoms with E-state index in [9.17, 15) is 5.11 Å². The number of hydrogen-bond donors (Lipinski definition) is 1. The van der Waals surface area contributed by atoms with Crippen molar-refractivity contribution >= 4 is 0 Å². The molecule has 1 aromatic heterocycles. The van der Waals surface area contributed by atoms with E-state index in [1.807, 2.05) is 36.0 Å². The molecule has 90 valence electrons. The van der Waals surface area contributed by atoms with Crippen molar-refractivity contribution < 1.29 is 5.11 Å². The van der Waals surface area contributed by atoms with Crippen LogP contribution in [0.15, 0.2) is 30.6 Å². The van der Waals surface area contributed by atoms with Gasteiger partial charge in [0, 0.05) is 18.0 Å². The minimum absolute atomic E-state index is 0.0853. The fraction of sp³-hybridized carbons (Fsp3) is 0.357. The van der Waals surface area contributed by atoms with Crippen molar-refractivity contribution in [2.45, 2.75) is 33.1 Å². The summed E-state index contributed by atoms with van der Waals surface area (Å²) >= 11 is 0. The first-order valence-electron chi connectivity index (χ1n) is 5.73. The lowest BCUT2D eigenvalue weighted by atomic mass is 9.85. The Morgan fingerprint density at radius 1 is 1.24 bits per heavy atom. The maximum atomic E-state index is 10.1. The molecule has 0 fully saturated rings. The van der Waals surface area contributed by atoms with E-state index < -0.39 is 0 Å². The first-order valence-corrected chi connectivity index (χ1v) is 5.73. The van der Waals surface area contributed by atoms with Gasteiger partial charge in [0.15, 0.2) is 0 Å². The molecule has 0 spiro atoms. The Balaban J connectivity index is 2.62. The number of aromatic hydroxyl groups is 1. The van der Waals surface area contributed by atoms with Crippen LogP contribution in [0.5, 0.6) is 5.75 Å². The van der Waals surface area contributed by atoms with Gasteiger partial charge in [0.2, 0.25) is 0 Å². The van der Waals surface area contributed by atoms with Crippen LogP contribution in [0.3, 0.4) is 0 Å². The molecule has 1 heterocycles. The van der Waals surface area contributed by atoms with E-state index in [-0.39, 0.29) is 5.41 Å². The third-order valence-corrected chi connectivity index (χ3v) is 2.86. The van der Waals surface area contributed by atoms with Crippen LogP contribution < -0.4 is 0 Å². The predicted octanol–water partition coefficient (Wildman–Crippen LogP) is 3.18. The van der Waals surface area contributed by atoms with Gasteiger partial charge in [-0.1, -0.05) is 20.8 Å². The summed E-state index contributed by atoms with van der Waals surface area (Å²) < 4.78 is 1.81. The van der Waals surface area contributed by atoms with Crippen LogP contribution in [-0.2, 0) is 5.41 Å². The summed E-state index contributed by atoms with van der Waals surface area (Å²) in [6, 6.07) is 5.83. The maximum Gasteiger partial charge on any atom is 0.122 e. The first-order chi connectivity index (χ1) is 7.89. The summed E-state index contributed by atoms with van der Waals surface area (Å²) in [6.45, 7) is 8.19. The van der Waals surface area contributed by atoms with Gasteiger partial charge in [0.05, 0.1) is 5.69 Å². The fourth-order valence-corrected chi connectivity index (χ4v) is 1.89. The van der Waals surface area contributed by atoms with E-state index in [0.29, 0.717) is 5.75 Å². The summed E-state index contributed by atoms with van der Waals surface area (Å²) in [5.74, 6) is 0.383. The summed E-state index contributed by atoms with van der Waals surface area (Å²) in [7, 11) is 0. The van der Waals surface area contributed by atoms with Gasteiger partial charge < -0.3 is 5.11 Å². The van der Waals surface area contributed by atoms with Crippen LogP contribution in [0.2, 0.25) is 0 Å². The SMILES string of the molecule is Cc1cc(-n2cccn2)cc(C(C)(C)C)c1O. The Kier molecular flexibility index (Phi) is 2.69. The second kappa shape index (κ2) is 3.91. The monoisotopic (exact) mass is 230 g/mol. The van der Waals surface area contributed by atoms with Gasteiger partial charge in [-0.2, -0.15) is 5.10 Å². The molecule has 1 N–H and O–H groups in total. The van der Waals surface area contributed by atoms with E-state index in [4.69, 9.17) is 0 Å². The van der Waals surface area contributed by atoms with Gasteiger partial charge in [0.25, 0.3) is 0 Å². The van der Waals surface area contributed by atoms with E-state index in [0.717, 1.165) is 16.8 Å². The van der Waals surface area contributed by atoms with E-state index in [2.05, 4.69) is 25.9 Å². The molecule has 17 heavy (non-hydrogen) atoms. The molecular formula is C14H18N2O. The van der Waals surface area contributed by atoms with Crippen molar-refractivity contribution in [1.82, 2.24) is 9.78 Å². The molecule has 0 aliphatic rings. The van der Waals surface area contributed by atoms with Crippen LogP contribution in [0, 0.1) is 6.92 Å². The zero-order valence-corrected chi connectivity index (χ0v) is 10.7. The number of aryl methyl sites for hydroxylation is 1. The van der Waals surface area contributed by atoms with Crippen molar-refractivity contribution in [2.24, 2.45) is 0 Å². The van der Waals surface area contributed by atoms with Crippen molar-refractivity contribution in [1.29, 1.82) is 0 Å². The number of benzene rings is 1. The van der Waals surface area contributed by atoms with E-state index >= 15 is 0 Å². The van der Waals surface area contributed by atoms with Gasteiger partial charge >= 0.3 is 0 Å². The highest BCUT2D eigenvalue weighted by Gasteiger charge is 2.20. The fourth-order valence-electron chi connectivity index (χ4n) is 1.89. The van der Waals surface area contributed by atoms with Gasteiger partial charge in [-0.15, -0.1) is 0 Å². The highest BCUT2D eigenvalue weighted by molar-refractivity contribution is 5.51. The van der Waals surface area contributed by atoms with Crippen molar-refractivity contribution in [3.63, 3.8) is 0 Å². The molecule has 0 saturated heterocycles. The lowest BCUT2D eigenvalue weighted by Gasteiger charge is -2.22. The number of nitrogens with zero attached hydrogens (tertiary/aromatic N) is 2. The highest BCUT2D eigenvalue weighted by Crippen LogP contribution is 2.34. The maximum absolute atomic E-state index is 10.1. The minimum Gasteiger partial charge on any atom is -0.507 e. The smallest absolute Gasteiger partial charge is 0.122 e. The van der Waals surface area contributed by atoms with Crippen LogP contribution in [0.25, 0.3) is 5.69 Å². The second-order valence-corrected chi connectivity index (χ2v) is 5.36. The zero-order chi connectivity index (χ0) is 12.6.